The molecule has 0 bridgehead atoms. The number of anilines is 1. The average molecular weight is 372 g/mol. The maximum atomic E-state index is 5.51. The summed E-state index contributed by atoms with van der Waals surface area (Å²) in [6.45, 7) is 7.05. The molecule has 0 atom stereocenters. The van der Waals surface area contributed by atoms with Gasteiger partial charge in [0.05, 0.1) is 5.69 Å². The van der Waals surface area contributed by atoms with Crippen LogP contribution in [0.15, 0.2) is 65.3 Å². The lowest BCUT2D eigenvalue weighted by Crippen LogP contribution is -2.46. The van der Waals surface area contributed by atoms with Gasteiger partial charge in [0.1, 0.15) is 0 Å². The molecule has 1 fully saturated rings. The summed E-state index contributed by atoms with van der Waals surface area (Å²) in [5.74, 6) is 0.853. The number of hydrogen-bond donors (Lipinski definition) is 1. The molecule has 1 aliphatic heterocycles. The van der Waals surface area contributed by atoms with Gasteiger partial charge >= 0.3 is 0 Å². The third-order valence-corrected chi connectivity index (χ3v) is 5.59. The van der Waals surface area contributed by atoms with Gasteiger partial charge < -0.3 is 14.4 Å². The molecule has 1 N–H and O–H groups in total. The van der Waals surface area contributed by atoms with E-state index < -0.39 is 0 Å². The van der Waals surface area contributed by atoms with E-state index in [1.54, 1.807) is 0 Å². The zero-order chi connectivity index (χ0) is 18.9. The van der Waals surface area contributed by atoms with Crippen molar-refractivity contribution >= 4 is 16.6 Å². The fourth-order valence-corrected chi connectivity index (χ4v) is 4.12. The van der Waals surface area contributed by atoms with E-state index in [1.807, 2.05) is 19.2 Å². The summed E-state index contributed by atoms with van der Waals surface area (Å²) in [4.78, 5) is 8.33. The lowest BCUT2D eigenvalue weighted by atomic mass is 10.0. The minimum atomic E-state index is 0.853. The number of fused-ring (bicyclic) bond motifs is 1. The SMILES string of the molecule is Cc1cc(-c2ccccc2CN2CCN(c3cccc4[nH]ccc34)CC2)on1. The second kappa shape index (κ2) is 7.17. The van der Waals surface area contributed by atoms with Gasteiger partial charge in [-0.1, -0.05) is 35.5 Å². The maximum Gasteiger partial charge on any atom is 0.167 e. The van der Waals surface area contributed by atoms with Crippen LogP contribution in [0.3, 0.4) is 0 Å². The normalized spacial score (nSPS) is 15.4. The lowest BCUT2D eigenvalue weighted by Gasteiger charge is -2.36. The van der Waals surface area contributed by atoms with Crippen LogP contribution in [0.25, 0.3) is 22.2 Å². The van der Waals surface area contributed by atoms with E-state index in [9.17, 15) is 0 Å². The molecule has 0 aliphatic carbocycles. The first kappa shape index (κ1) is 17.1. The molecule has 0 unspecified atom stereocenters. The van der Waals surface area contributed by atoms with Crippen LogP contribution in [0.4, 0.5) is 5.69 Å². The number of benzene rings is 2. The first-order chi connectivity index (χ1) is 13.8. The molecular formula is C23H24N4O. The number of aromatic nitrogens is 2. The number of H-pyrrole nitrogens is 1. The molecule has 28 heavy (non-hydrogen) atoms. The summed E-state index contributed by atoms with van der Waals surface area (Å²) in [6, 6.07) is 19.2. The Bertz CT molecular complexity index is 1090. The summed E-state index contributed by atoms with van der Waals surface area (Å²) in [6.07, 6.45) is 2.02. The minimum absolute atomic E-state index is 0.853. The van der Waals surface area contributed by atoms with Crippen LogP contribution in [0, 0.1) is 6.92 Å². The molecule has 142 valence electrons. The average Bonchev–Trinajstić information content (AvgIpc) is 3.38. The number of piperazine rings is 1. The highest BCUT2D eigenvalue weighted by atomic mass is 16.5. The Morgan fingerprint density at radius 2 is 1.86 bits per heavy atom. The van der Waals surface area contributed by atoms with E-state index in [0.29, 0.717) is 0 Å². The molecule has 2 aromatic carbocycles. The predicted molar refractivity (Wildman–Crippen MR) is 112 cm³/mol. The van der Waals surface area contributed by atoms with E-state index in [1.165, 1.54) is 22.2 Å². The molecule has 5 nitrogen and oxygen atoms in total. The van der Waals surface area contributed by atoms with E-state index in [0.717, 1.165) is 49.7 Å². The topological polar surface area (TPSA) is 48.3 Å². The summed E-state index contributed by atoms with van der Waals surface area (Å²) < 4.78 is 5.51. The Hall–Kier alpha value is -3.05. The van der Waals surface area contributed by atoms with Crippen molar-refractivity contribution in [1.82, 2.24) is 15.0 Å². The van der Waals surface area contributed by atoms with Crippen LogP contribution in [-0.2, 0) is 6.54 Å². The van der Waals surface area contributed by atoms with Gasteiger partial charge in [0.15, 0.2) is 5.76 Å². The van der Waals surface area contributed by atoms with Crippen molar-refractivity contribution < 1.29 is 4.52 Å². The van der Waals surface area contributed by atoms with Gasteiger partial charge in [-0.25, -0.2) is 0 Å². The summed E-state index contributed by atoms with van der Waals surface area (Å²) in [7, 11) is 0. The Morgan fingerprint density at radius 3 is 2.68 bits per heavy atom. The van der Waals surface area contributed by atoms with Crippen molar-refractivity contribution in [2.75, 3.05) is 31.1 Å². The molecule has 1 aliphatic rings. The predicted octanol–water partition coefficient (Wildman–Crippen LogP) is 4.45. The molecule has 0 radical (unpaired) electrons. The standard InChI is InChI=1S/C23H24N4O/c1-17-15-23(28-25-17)19-6-3-2-5-18(19)16-26-11-13-27(14-12-26)22-8-4-7-21-20(22)9-10-24-21/h2-10,15,24H,11-14,16H2,1H3. The quantitative estimate of drug-likeness (QED) is 0.575. The highest BCUT2D eigenvalue weighted by molar-refractivity contribution is 5.92. The molecule has 0 spiro atoms. The number of aromatic amines is 1. The van der Waals surface area contributed by atoms with E-state index >= 15 is 0 Å². The zero-order valence-corrected chi connectivity index (χ0v) is 16.1. The van der Waals surface area contributed by atoms with Crippen LogP contribution in [0.5, 0.6) is 0 Å². The highest BCUT2D eigenvalue weighted by Gasteiger charge is 2.20. The van der Waals surface area contributed by atoms with Crippen molar-refractivity contribution in [2.24, 2.45) is 0 Å². The van der Waals surface area contributed by atoms with Crippen LogP contribution < -0.4 is 4.90 Å². The first-order valence-electron chi connectivity index (χ1n) is 9.83. The van der Waals surface area contributed by atoms with Crippen LogP contribution in [0.2, 0.25) is 0 Å². The minimum Gasteiger partial charge on any atom is -0.368 e. The van der Waals surface area contributed by atoms with Gasteiger partial charge in [-0.3, -0.25) is 4.90 Å². The number of hydrogen-bond acceptors (Lipinski definition) is 4. The van der Waals surface area contributed by atoms with Crippen molar-refractivity contribution in [3.05, 3.63) is 72.1 Å². The highest BCUT2D eigenvalue weighted by Crippen LogP contribution is 2.28. The largest absolute Gasteiger partial charge is 0.368 e. The fraction of sp³-hybridized carbons (Fsp3) is 0.261. The van der Waals surface area contributed by atoms with Crippen LogP contribution in [0.1, 0.15) is 11.3 Å². The van der Waals surface area contributed by atoms with Crippen molar-refractivity contribution in [1.29, 1.82) is 0 Å². The van der Waals surface area contributed by atoms with Crippen LogP contribution in [-0.4, -0.2) is 41.2 Å². The molecule has 3 heterocycles. The van der Waals surface area contributed by atoms with E-state index in [4.69, 9.17) is 4.52 Å². The van der Waals surface area contributed by atoms with Crippen molar-refractivity contribution in [3.8, 4) is 11.3 Å². The van der Waals surface area contributed by atoms with Crippen molar-refractivity contribution in [2.45, 2.75) is 13.5 Å². The van der Waals surface area contributed by atoms with E-state index in [-0.39, 0.29) is 0 Å². The Labute approximate surface area is 164 Å². The van der Waals surface area contributed by atoms with E-state index in [2.05, 4.69) is 68.5 Å². The van der Waals surface area contributed by atoms with Gasteiger partial charge in [-0.2, -0.15) is 0 Å². The molecule has 0 saturated carbocycles. The van der Waals surface area contributed by atoms with Gasteiger partial charge in [0, 0.05) is 67.1 Å². The molecular weight excluding hydrogens is 348 g/mol. The van der Waals surface area contributed by atoms with Gasteiger partial charge in [-0.05, 0) is 30.7 Å². The zero-order valence-electron chi connectivity index (χ0n) is 16.1. The number of rotatable bonds is 4. The third-order valence-electron chi connectivity index (χ3n) is 5.59. The molecule has 4 aromatic rings. The fourth-order valence-electron chi connectivity index (χ4n) is 4.12. The number of nitrogens with zero attached hydrogens (tertiary/aromatic N) is 3. The lowest BCUT2D eigenvalue weighted by molar-refractivity contribution is 0.250. The molecule has 5 rings (SSSR count). The molecule has 1 saturated heterocycles. The van der Waals surface area contributed by atoms with Gasteiger partial charge in [-0.15, -0.1) is 0 Å². The second-order valence-electron chi connectivity index (χ2n) is 7.47. The van der Waals surface area contributed by atoms with Crippen LogP contribution >= 0.6 is 0 Å². The second-order valence-corrected chi connectivity index (χ2v) is 7.47. The third kappa shape index (κ3) is 3.18. The first-order valence-corrected chi connectivity index (χ1v) is 9.83. The van der Waals surface area contributed by atoms with Gasteiger partial charge in [0.2, 0.25) is 0 Å². The number of aryl methyl sites for hydroxylation is 1. The van der Waals surface area contributed by atoms with Gasteiger partial charge in [0.25, 0.3) is 0 Å². The molecule has 2 aromatic heterocycles. The smallest absolute Gasteiger partial charge is 0.167 e. The molecule has 0 amide bonds. The molecule has 5 heteroatoms. The van der Waals surface area contributed by atoms with Crippen molar-refractivity contribution in [3.63, 3.8) is 0 Å². The maximum absolute atomic E-state index is 5.51. The summed E-state index contributed by atoms with van der Waals surface area (Å²) >= 11 is 0. The Morgan fingerprint density at radius 1 is 1.00 bits per heavy atom. The summed E-state index contributed by atoms with van der Waals surface area (Å²) in [5, 5.41) is 5.35. The monoisotopic (exact) mass is 372 g/mol. The number of nitrogens with one attached hydrogen (secondary N) is 1. The Kier molecular flexibility index (Phi) is 4.37. The Balaban J connectivity index is 1.30. The summed E-state index contributed by atoms with van der Waals surface area (Å²) in [5.41, 5.74) is 5.88.